The number of anilines is 1. The van der Waals surface area contributed by atoms with Gasteiger partial charge in [0.1, 0.15) is 17.5 Å². The summed E-state index contributed by atoms with van der Waals surface area (Å²) in [6.07, 6.45) is 2.27. The van der Waals surface area contributed by atoms with Crippen molar-refractivity contribution < 1.29 is 8.78 Å². The number of nitrogens with zero attached hydrogens (tertiary/aromatic N) is 4. The molecule has 146 valence electrons. The van der Waals surface area contributed by atoms with Crippen molar-refractivity contribution in [3.8, 4) is 0 Å². The summed E-state index contributed by atoms with van der Waals surface area (Å²) in [5.41, 5.74) is 0.495. The van der Waals surface area contributed by atoms with Gasteiger partial charge in [-0.1, -0.05) is 12.1 Å². The fraction of sp³-hybridized carbons (Fsp3) is 0.368. The predicted octanol–water partition coefficient (Wildman–Crippen LogP) is 2.92. The van der Waals surface area contributed by atoms with Crippen LogP contribution >= 0.6 is 24.0 Å². The summed E-state index contributed by atoms with van der Waals surface area (Å²) in [6.45, 7) is 3.94. The molecule has 2 aromatic rings. The van der Waals surface area contributed by atoms with Gasteiger partial charge in [0.05, 0.1) is 0 Å². The predicted molar refractivity (Wildman–Crippen MR) is 115 cm³/mol. The van der Waals surface area contributed by atoms with Gasteiger partial charge in [0.2, 0.25) is 0 Å². The zero-order chi connectivity index (χ0) is 18.4. The molecule has 27 heavy (non-hydrogen) atoms. The Kier molecular flexibility index (Phi) is 8.21. The average Bonchev–Trinajstić information content (AvgIpc) is 2.68. The zero-order valence-electron chi connectivity index (χ0n) is 15.2. The second-order valence-corrected chi connectivity index (χ2v) is 6.12. The van der Waals surface area contributed by atoms with E-state index in [0.717, 1.165) is 44.0 Å². The van der Waals surface area contributed by atoms with E-state index in [2.05, 4.69) is 25.1 Å². The van der Waals surface area contributed by atoms with Crippen molar-refractivity contribution in [2.24, 2.45) is 4.99 Å². The van der Waals surface area contributed by atoms with Gasteiger partial charge in [0, 0.05) is 52.0 Å². The van der Waals surface area contributed by atoms with Crippen LogP contribution in [0, 0.1) is 11.6 Å². The van der Waals surface area contributed by atoms with Crippen molar-refractivity contribution >= 4 is 35.8 Å². The molecule has 0 spiro atoms. The van der Waals surface area contributed by atoms with E-state index >= 15 is 0 Å². The molecule has 0 atom stereocenters. The fourth-order valence-corrected chi connectivity index (χ4v) is 3.05. The molecule has 2 heterocycles. The Labute approximate surface area is 175 Å². The molecule has 3 rings (SSSR count). The summed E-state index contributed by atoms with van der Waals surface area (Å²) in [6, 6.07) is 9.60. The molecule has 0 saturated carbocycles. The van der Waals surface area contributed by atoms with Crippen molar-refractivity contribution in [3.63, 3.8) is 0 Å². The Morgan fingerprint density at radius 1 is 1.15 bits per heavy atom. The number of halogens is 3. The lowest BCUT2D eigenvalue weighted by molar-refractivity contribution is 0.371. The van der Waals surface area contributed by atoms with Crippen LogP contribution in [0.3, 0.4) is 0 Å². The van der Waals surface area contributed by atoms with Crippen LogP contribution in [0.1, 0.15) is 5.56 Å². The van der Waals surface area contributed by atoms with E-state index in [4.69, 9.17) is 0 Å². The number of piperazine rings is 1. The van der Waals surface area contributed by atoms with E-state index in [1.54, 1.807) is 13.2 Å². The van der Waals surface area contributed by atoms with Gasteiger partial charge in [-0.25, -0.2) is 13.8 Å². The van der Waals surface area contributed by atoms with Gasteiger partial charge in [-0.15, -0.1) is 24.0 Å². The van der Waals surface area contributed by atoms with Gasteiger partial charge in [-0.3, -0.25) is 4.99 Å². The minimum atomic E-state index is -0.555. The van der Waals surface area contributed by atoms with Crippen LogP contribution in [-0.2, 0) is 6.42 Å². The molecule has 0 unspecified atom stereocenters. The van der Waals surface area contributed by atoms with Crippen LogP contribution in [-0.4, -0.2) is 55.6 Å². The first-order chi connectivity index (χ1) is 12.7. The average molecular weight is 487 g/mol. The highest BCUT2D eigenvalue weighted by Gasteiger charge is 2.20. The minimum absolute atomic E-state index is 0. The molecule has 5 nitrogen and oxygen atoms in total. The van der Waals surface area contributed by atoms with Gasteiger partial charge in [-0.05, 0) is 30.2 Å². The highest BCUT2D eigenvalue weighted by molar-refractivity contribution is 14.0. The number of aliphatic imine (C=N–C) groups is 1. The lowest BCUT2D eigenvalue weighted by Crippen LogP contribution is -2.53. The second kappa shape index (κ2) is 10.4. The third-order valence-corrected chi connectivity index (χ3v) is 4.46. The Morgan fingerprint density at radius 3 is 2.56 bits per heavy atom. The summed E-state index contributed by atoms with van der Waals surface area (Å²) >= 11 is 0. The molecule has 0 radical (unpaired) electrons. The smallest absolute Gasteiger partial charge is 0.193 e. The van der Waals surface area contributed by atoms with Crippen LogP contribution in [0.15, 0.2) is 47.6 Å². The molecule has 1 aliphatic rings. The Balaban J connectivity index is 0.00000261. The maximum absolute atomic E-state index is 13.7. The maximum Gasteiger partial charge on any atom is 0.193 e. The molecule has 1 aliphatic heterocycles. The summed E-state index contributed by atoms with van der Waals surface area (Å²) in [5.74, 6) is 0.724. The summed E-state index contributed by atoms with van der Waals surface area (Å²) in [5, 5.41) is 3.27. The molecule has 0 bridgehead atoms. The second-order valence-electron chi connectivity index (χ2n) is 6.12. The van der Waals surface area contributed by atoms with E-state index in [1.165, 1.54) is 12.1 Å². The Bertz CT molecular complexity index is 749. The van der Waals surface area contributed by atoms with Crippen LogP contribution in [0.5, 0.6) is 0 Å². The van der Waals surface area contributed by atoms with Gasteiger partial charge < -0.3 is 15.1 Å². The van der Waals surface area contributed by atoms with E-state index in [1.807, 2.05) is 18.2 Å². The highest BCUT2D eigenvalue weighted by atomic mass is 127. The normalized spacial score (nSPS) is 14.7. The monoisotopic (exact) mass is 487 g/mol. The van der Waals surface area contributed by atoms with Gasteiger partial charge in [0.15, 0.2) is 5.96 Å². The zero-order valence-corrected chi connectivity index (χ0v) is 17.6. The molecule has 0 aliphatic carbocycles. The molecule has 0 amide bonds. The van der Waals surface area contributed by atoms with Gasteiger partial charge >= 0.3 is 0 Å². The first kappa shape index (κ1) is 21.3. The number of pyridine rings is 1. The van der Waals surface area contributed by atoms with E-state index < -0.39 is 11.6 Å². The molecular formula is C19H24F2IN5. The molecular weight excluding hydrogens is 463 g/mol. The summed E-state index contributed by atoms with van der Waals surface area (Å²) in [7, 11) is 1.74. The van der Waals surface area contributed by atoms with Crippen molar-refractivity contribution in [3.05, 3.63) is 59.8 Å². The van der Waals surface area contributed by atoms with Crippen LogP contribution in [0.4, 0.5) is 14.6 Å². The van der Waals surface area contributed by atoms with Crippen LogP contribution < -0.4 is 10.2 Å². The molecule has 8 heteroatoms. The van der Waals surface area contributed by atoms with Crippen molar-refractivity contribution in [1.82, 2.24) is 15.2 Å². The SMILES string of the molecule is CN=C(NCCc1ccc(F)cc1F)N1CCN(c2ccccn2)CC1.I. The third-order valence-electron chi connectivity index (χ3n) is 4.46. The van der Waals surface area contributed by atoms with Crippen molar-refractivity contribution in [2.45, 2.75) is 6.42 Å². The van der Waals surface area contributed by atoms with Crippen LogP contribution in [0.25, 0.3) is 0 Å². The van der Waals surface area contributed by atoms with E-state index in [-0.39, 0.29) is 24.0 Å². The van der Waals surface area contributed by atoms with E-state index in [9.17, 15) is 8.78 Å². The first-order valence-electron chi connectivity index (χ1n) is 8.73. The number of benzene rings is 1. The standard InChI is InChI=1S/C19H23F2N5.HI/c1-22-19(24-9-7-15-5-6-16(20)14-17(15)21)26-12-10-25(11-13-26)18-4-2-3-8-23-18;/h2-6,8,14H,7,9-13H2,1H3,(H,22,24);1H. The quantitative estimate of drug-likeness (QED) is 0.410. The first-order valence-corrected chi connectivity index (χ1v) is 8.73. The lowest BCUT2D eigenvalue weighted by Gasteiger charge is -2.37. The largest absolute Gasteiger partial charge is 0.356 e. The maximum atomic E-state index is 13.7. The molecule has 1 aromatic heterocycles. The van der Waals surface area contributed by atoms with E-state index in [0.29, 0.717) is 18.5 Å². The number of hydrogen-bond donors (Lipinski definition) is 1. The topological polar surface area (TPSA) is 43.8 Å². The number of nitrogens with one attached hydrogen (secondary N) is 1. The van der Waals surface area contributed by atoms with Crippen molar-refractivity contribution in [1.29, 1.82) is 0 Å². The molecule has 1 fully saturated rings. The minimum Gasteiger partial charge on any atom is -0.356 e. The number of aromatic nitrogens is 1. The fourth-order valence-electron chi connectivity index (χ4n) is 3.05. The Morgan fingerprint density at radius 2 is 1.93 bits per heavy atom. The van der Waals surface area contributed by atoms with Gasteiger partial charge in [0.25, 0.3) is 0 Å². The summed E-state index contributed by atoms with van der Waals surface area (Å²) < 4.78 is 26.7. The number of guanidine groups is 1. The lowest BCUT2D eigenvalue weighted by atomic mass is 10.1. The number of hydrogen-bond acceptors (Lipinski definition) is 3. The third kappa shape index (κ3) is 5.75. The summed E-state index contributed by atoms with van der Waals surface area (Å²) in [4.78, 5) is 13.1. The van der Waals surface area contributed by atoms with Crippen LogP contribution in [0.2, 0.25) is 0 Å². The van der Waals surface area contributed by atoms with Crippen molar-refractivity contribution in [2.75, 3.05) is 44.7 Å². The highest BCUT2D eigenvalue weighted by Crippen LogP contribution is 2.13. The molecule has 1 saturated heterocycles. The molecule has 1 N–H and O–H groups in total. The molecule has 1 aromatic carbocycles. The van der Waals surface area contributed by atoms with Gasteiger partial charge in [-0.2, -0.15) is 0 Å². The Hall–Kier alpha value is -1.97. The number of rotatable bonds is 4.